The lowest BCUT2D eigenvalue weighted by molar-refractivity contribution is -0.126. The van der Waals surface area contributed by atoms with Crippen LogP contribution in [0.15, 0.2) is 40.9 Å². The van der Waals surface area contributed by atoms with E-state index in [1.165, 1.54) is 0 Å². The highest BCUT2D eigenvalue weighted by atomic mass is 16.3. The second-order valence-corrected chi connectivity index (χ2v) is 7.37. The molecule has 3 aliphatic rings. The predicted molar refractivity (Wildman–Crippen MR) is 92.4 cm³/mol. The van der Waals surface area contributed by atoms with Gasteiger partial charge in [0.2, 0.25) is 0 Å². The van der Waals surface area contributed by atoms with Crippen LogP contribution >= 0.6 is 0 Å². The van der Waals surface area contributed by atoms with Gasteiger partial charge >= 0.3 is 0 Å². The van der Waals surface area contributed by atoms with Crippen molar-refractivity contribution in [3.05, 3.63) is 57.6 Å². The molecule has 6 heteroatoms. The lowest BCUT2D eigenvalue weighted by Crippen LogP contribution is -2.43. The van der Waals surface area contributed by atoms with Gasteiger partial charge in [0.25, 0.3) is 5.91 Å². The summed E-state index contributed by atoms with van der Waals surface area (Å²) in [5, 5.41) is 20.9. The van der Waals surface area contributed by atoms with Crippen molar-refractivity contribution in [2.45, 2.75) is 26.2 Å². The van der Waals surface area contributed by atoms with E-state index in [0.717, 1.165) is 11.1 Å². The van der Waals surface area contributed by atoms with E-state index in [2.05, 4.69) is 0 Å². The summed E-state index contributed by atoms with van der Waals surface area (Å²) in [6.07, 6.45) is 1.19. The van der Waals surface area contributed by atoms with Gasteiger partial charge in [-0.1, -0.05) is 18.2 Å². The number of amides is 1. The summed E-state index contributed by atoms with van der Waals surface area (Å²) in [4.78, 5) is 37.3. The monoisotopic (exact) mass is 353 g/mol. The van der Waals surface area contributed by atoms with Crippen molar-refractivity contribution >= 4 is 17.5 Å². The second-order valence-electron chi connectivity index (χ2n) is 7.37. The number of hydrogen-bond acceptors (Lipinski definition) is 5. The van der Waals surface area contributed by atoms with Crippen LogP contribution in [0.4, 0.5) is 0 Å². The minimum absolute atomic E-state index is 0.0946. The summed E-state index contributed by atoms with van der Waals surface area (Å²) in [6, 6.07) is 5.66. The molecule has 6 nitrogen and oxygen atoms in total. The highest BCUT2D eigenvalue weighted by Crippen LogP contribution is 2.48. The molecule has 0 aliphatic heterocycles. The largest absolute Gasteiger partial charge is 0.511 e. The van der Waals surface area contributed by atoms with Crippen LogP contribution in [0.25, 0.3) is 0 Å². The summed E-state index contributed by atoms with van der Waals surface area (Å²) in [5.74, 6) is -4.08. The van der Waals surface area contributed by atoms with Crippen molar-refractivity contribution in [3.63, 3.8) is 0 Å². The molecule has 0 fully saturated rings. The van der Waals surface area contributed by atoms with Gasteiger partial charge in [-0.2, -0.15) is 0 Å². The molecule has 3 unspecified atom stereocenters. The van der Waals surface area contributed by atoms with Crippen LogP contribution in [0, 0.1) is 24.7 Å². The Bertz CT molecular complexity index is 940. The van der Waals surface area contributed by atoms with Gasteiger partial charge in [-0.3, -0.25) is 14.4 Å². The Hall–Kier alpha value is -2.89. The first-order valence-corrected chi connectivity index (χ1v) is 8.63. The maximum atomic E-state index is 13.1. The maximum absolute atomic E-state index is 13.1. The first kappa shape index (κ1) is 16.6. The summed E-state index contributed by atoms with van der Waals surface area (Å²) < 4.78 is 0. The molecule has 0 saturated heterocycles. The van der Waals surface area contributed by atoms with Crippen LogP contribution in [0.2, 0.25) is 0 Å². The minimum atomic E-state index is -1.01. The molecule has 26 heavy (non-hydrogen) atoms. The van der Waals surface area contributed by atoms with E-state index in [1.807, 2.05) is 25.1 Å². The van der Waals surface area contributed by atoms with Gasteiger partial charge in [-0.15, -0.1) is 0 Å². The van der Waals surface area contributed by atoms with Gasteiger partial charge in [-0.05, 0) is 42.7 Å². The average Bonchev–Trinajstić information content (AvgIpc) is 2.53. The van der Waals surface area contributed by atoms with Gasteiger partial charge in [-0.25, -0.2) is 0 Å². The molecule has 4 rings (SSSR count). The molecule has 3 aliphatic carbocycles. The Kier molecular flexibility index (Phi) is 3.54. The van der Waals surface area contributed by atoms with E-state index in [-0.39, 0.29) is 41.1 Å². The first-order chi connectivity index (χ1) is 12.3. The third-order valence-corrected chi connectivity index (χ3v) is 5.85. The fourth-order valence-corrected chi connectivity index (χ4v) is 4.78. The number of aryl methyl sites for hydroxylation is 1. The molecule has 0 bridgehead atoms. The van der Waals surface area contributed by atoms with Gasteiger partial charge in [0.15, 0.2) is 11.6 Å². The standard InChI is InChI=1S/C20H19NO5/c1-8-3-2-4-9-5-10-6-11-7-12(22)16(20(21)26)19(25)15(11)18(24)14(10)17(23)13(8)9/h2-4,10-11,15,22,24H,5-7H2,1H3,(H2,21,26). The summed E-state index contributed by atoms with van der Waals surface area (Å²) in [7, 11) is 0. The molecule has 1 aromatic rings. The predicted octanol–water partition coefficient (Wildman–Crippen LogP) is 2.07. The molecule has 134 valence electrons. The van der Waals surface area contributed by atoms with Crippen LogP contribution < -0.4 is 5.73 Å². The number of hydrogen-bond donors (Lipinski definition) is 3. The van der Waals surface area contributed by atoms with Crippen LogP contribution in [-0.4, -0.2) is 27.7 Å². The molecule has 3 atom stereocenters. The van der Waals surface area contributed by atoms with E-state index < -0.39 is 23.2 Å². The SMILES string of the molecule is Cc1cccc2c1C(=O)C1=C(O)C3C(=O)C(C(N)=O)=C(O)CC3CC1C2. The Morgan fingerprint density at radius 2 is 1.92 bits per heavy atom. The summed E-state index contributed by atoms with van der Waals surface area (Å²) in [6.45, 7) is 1.85. The smallest absolute Gasteiger partial charge is 0.255 e. The number of nitrogens with two attached hydrogens (primary N) is 1. The fourth-order valence-electron chi connectivity index (χ4n) is 4.78. The van der Waals surface area contributed by atoms with Crippen LogP contribution in [-0.2, 0) is 16.0 Å². The second kappa shape index (κ2) is 5.56. The molecular formula is C20H19NO5. The van der Waals surface area contributed by atoms with Crippen LogP contribution in [0.5, 0.6) is 0 Å². The zero-order valence-electron chi connectivity index (χ0n) is 14.3. The third kappa shape index (κ3) is 2.14. The summed E-state index contributed by atoms with van der Waals surface area (Å²) >= 11 is 0. The van der Waals surface area contributed by atoms with Crippen LogP contribution in [0.1, 0.15) is 34.3 Å². The number of rotatable bonds is 1. The summed E-state index contributed by atoms with van der Waals surface area (Å²) in [5.41, 5.74) is 7.38. The molecule has 0 heterocycles. The lowest BCUT2D eigenvalue weighted by Gasteiger charge is -2.40. The van der Waals surface area contributed by atoms with E-state index in [1.54, 1.807) is 0 Å². The number of benzene rings is 1. The van der Waals surface area contributed by atoms with Gasteiger partial charge in [0.05, 0.1) is 5.92 Å². The van der Waals surface area contributed by atoms with Crippen molar-refractivity contribution in [1.29, 1.82) is 0 Å². The molecular weight excluding hydrogens is 334 g/mol. The molecule has 4 N–H and O–H groups in total. The molecule has 0 aromatic heterocycles. The number of carbonyl (C=O) groups is 3. The van der Waals surface area contributed by atoms with Crippen molar-refractivity contribution in [2.24, 2.45) is 23.5 Å². The van der Waals surface area contributed by atoms with E-state index >= 15 is 0 Å². The molecule has 0 saturated carbocycles. The minimum Gasteiger partial charge on any atom is -0.511 e. The number of ketones is 2. The van der Waals surface area contributed by atoms with Gasteiger partial charge < -0.3 is 15.9 Å². The van der Waals surface area contributed by atoms with Crippen molar-refractivity contribution in [2.75, 3.05) is 0 Å². The Morgan fingerprint density at radius 3 is 2.62 bits per heavy atom. The number of primary amides is 1. The zero-order valence-corrected chi connectivity index (χ0v) is 14.3. The molecule has 1 amide bonds. The third-order valence-electron chi connectivity index (χ3n) is 5.85. The number of aliphatic hydroxyl groups is 2. The number of Topliss-reactive ketones (excluding diaryl/α,β-unsaturated/α-hetero) is 2. The van der Waals surface area contributed by atoms with Crippen molar-refractivity contribution in [3.8, 4) is 0 Å². The molecule has 1 aromatic carbocycles. The first-order valence-electron chi connectivity index (χ1n) is 8.63. The van der Waals surface area contributed by atoms with Gasteiger partial charge in [0.1, 0.15) is 17.1 Å². The Balaban J connectivity index is 1.85. The molecule has 0 radical (unpaired) electrons. The lowest BCUT2D eigenvalue weighted by atomic mass is 9.62. The van der Waals surface area contributed by atoms with E-state index in [0.29, 0.717) is 18.4 Å². The van der Waals surface area contributed by atoms with Crippen molar-refractivity contribution in [1.82, 2.24) is 0 Å². The average molecular weight is 353 g/mol. The Morgan fingerprint density at radius 1 is 1.19 bits per heavy atom. The normalized spacial score (nSPS) is 27.8. The zero-order chi connectivity index (χ0) is 18.7. The van der Waals surface area contributed by atoms with Gasteiger partial charge in [0, 0.05) is 17.6 Å². The van der Waals surface area contributed by atoms with E-state index in [9.17, 15) is 24.6 Å². The fraction of sp³-hybridized carbons (Fsp3) is 0.350. The number of carbonyl (C=O) groups excluding carboxylic acids is 3. The van der Waals surface area contributed by atoms with E-state index in [4.69, 9.17) is 5.73 Å². The molecule has 0 spiro atoms. The van der Waals surface area contributed by atoms with Crippen LogP contribution in [0.3, 0.4) is 0 Å². The quantitative estimate of drug-likeness (QED) is 0.668. The highest BCUT2D eigenvalue weighted by molar-refractivity contribution is 6.22. The number of allylic oxidation sites excluding steroid dienone is 3. The number of aliphatic hydroxyl groups excluding tert-OH is 2. The number of fused-ring (bicyclic) bond motifs is 3. The maximum Gasteiger partial charge on any atom is 0.255 e. The topological polar surface area (TPSA) is 118 Å². The van der Waals surface area contributed by atoms with Crippen molar-refractivity contribution < 1.29 is 24.6 Å². The Labute approximate surface area is 150 Å². The highest BCUT2D eigenvalue weighted by Gasteiger charge is 2.49.